The van der Waals surface area contributed by atoms with Gasteiger partial charge in [-0.05, 0) is 12.8 Å². The molecule has 5 atom stereocenters. The van der Waals surface area contributed by atoms with Gasteiger partial charge in [-0.15, -0.1) is 0 Å². The molecule has 4 saturated heterocycles. The molecule has 0 aromatic rings. The van der Waals surface area contributed by atoms with E-state index in [4.69, 9.17) is 33.5 Å². The fraction of sp³-hybridized carbons (Fsp3) is 0.700. The summed E-state index contributed by atoms with van der Waals surface area (Å²) in [6.45, 7) is -0.279. The number of hydrogen-bond donors (Lipinski definition) is 4. The Balaban J connectivity index is 1.98. The standard InChI is InChI=1S/C20H22O16/c21-5-3-1-2-4-18-19(32-11(23)7-16(28,14(26)35-18)6-10(22)31-18)20(30)34-13(25)9-17(29,15(27)36-20)8-12(24)33-19/h21,28-30H,1-9H2. The topological polar surface area (TPSA) is 239 Å². The van der Waals surface area contributed by atoms with E-state index in [2.05, 4.69) is 0 Å². The summed E-state index contributed by atoms with van der Waals surface area (Å²) in [6.07, 6.45) is -5.44. The summed E-state index contributed by atoms with van der Waals surface area (Å²) in [4.78, 5) is 76.5. The summed E-state index contributed by atoms with van der Waals surface area (Å²) in [5.74, 6) is -20.3. The third-order valence-electron chi connectivity index (χ3n) is 6.12. The molecule has 36 heavy (non-hydrogen) atoms. The molecule has 5 unspecified atom stereocenters. The van der Waals surface area contributed by atoms with Gasteiger partial charge < -0.3 is 48.8 Å². The Kier molecular flexibility index (Phi) is 5.98. The van der Waals surface area contributed by atoms with E-state index in [1.54, 1.807) is 0 Å². The van der Waals surface area contributed by atoms with E-state index in [1.807, 2.05) is 0 Å². The van der Waals surface area contributed by atoms with Crippen molar-refractivity contribution in [2.75, 3.05) is 6.61 Å². The quantitative estimate of drug-likeness (QED) is 0.160. The molecule has 4 N–H and O–H groups in total. The van der Waals surface area contributed by atoms with Gasteiger partial charge in [0.05, 0.1) is 25.7 Å². The Hall–Kier alpha value is -3.34. The maximum atomic E-state index is 12.9. The molecule has 1 spiro atoms. The monoisotopic (exact) mass is 518 g/mol. The number of aliphatic hydroxyl groups excluding tert-OH is 1. The van der Waals surface area contributed by atoms with E-state index in [0.29, 0.717) is 0 Å². The highest BCUT2D eigenvalue weighted by Crippen LogP contribution is 2.52. The zero-order valence-corrected chi connectivity index (χ0v) is 18.6. The number of aliphatic hydroxyl groups is 4. The van der Waals surface area contributed by atoms with Crippen LogP contribution in [0.15, 0.2) is 0 Å². The molecular formula is C20H22O16. The molecule has 0 aromatic heterocycles. The fourth-order valence-electron chi connectivity index (χ4n) is 4.41. The van der Waals surface area contributed by atoms with Crippen LogP contribution in [0.25, 0.3) is 0 Å². The third-order valence-corrected chi connectivity index (χ3v) is 6.12. The van der Waals surface area contributed by atoms with Crippen LogP contribution in [0.2, 0.25) is 0 Å². The van der Waals surface area contributed by atoms with Crippen molar-refractivity contribution in [3.63, 3.8) is 0 Å². The second-order valence-electron chi connectivity index (χ2n) is 8.93. The molecule has 0 saturated carbocycles. The molecule has 4 aliphatic heterocycles. The van der Waals surface area contributed by atoms with Crippen LogP contribution in [0, 0.1) is 0 Å². The van der Waals surface area contributed by atoms with E-state index in [9.17, 15) is 44.1 Å². The number of fused-ring (bicyclic) bond motifs is 8. The van der Waals surface area contributed by atoms with E-state index >= 15 is 0 Å². The fourth-order valence-corrected chi connectivity index (χ4v) is 4.41. The third kappa shape index (κ3) is 3.85. The smallest absolute Gasteiger partial charge is 0.414 e. The van der Waals surface area contributed by atoms with Crippen molar-refractivity contribution >= 4 is 35.8 Å². The maximum absolute atomic E-state index is 12.9. The van der Waals surface area contributed by atoms with Crippen molar-refractivity contribution in [3.8, 4) is 0 Å². The second kappa shape index (κ2) is 8.36. The second-order valence-corrected chi connectivity index (χ2v) is 8.93. The average Bonchev–Trinajstić information content (AvgIpc) is 2.84. The summed E-state index contributed by atoms with van der Waals surface area (Å²) in [6, 6.07) is 0. The van der Waals surface area contributed by atoms with E-state index in [-0.39, 0.29) is 25.9 Å². The highest BCUT2D eigenvalue weighted by molar-refractivity contribution is 5.94. The number of esters is 6. The van der Waals surface area contributed by atoms with Gasteiger partial charge in [-0.25, -0.2) is 9.59 Å². The van der Waals surface area contributed by atoms with Crippen LogP contribution in [-0.4, -0.2) is 91.6 Å². The van der Waals surface area contributed by atoms with Crippen molar-refractivity contribution in [2.45, 2.75) is 80.1 Å². The molecular weight excluding hydrogens is 496 g/mol. The van der Waals surface area contributed by atoms with Crippen molar-refractivity contribution in [1.82, 2.24) is 0 Å². The normalized spacial score (nSPS) is 40.3. The van der Waals surface area contributed by atoms with Gasteiger partial charge in [-0.3, -0.25) is 19.2 Å². The zero-order valence-electron chi connectivity index (χ0n) is 18.6. The highest BCUT2D eigenvalue weighted by atomic mass is 16.9. The molecule has 198 valence electrons. The minimum Gasteiger partial charge on any atom is -0.414 e. The van der Waals surface area contributed by atoms with E-state index in [0.717, 1.165) is 0 Å². The minimum atomic E-state index is -3.95. The van der Waals surface area contributed by atoms with Crippen LogP contribution in [0.3, 0.4) is 0 Å². The van der Waals surface area contributed by atoms with Gasteiger partial charge in [0.25, 0.3) is 0 Å². The predicted octanol–water partition coefficient (Wildman–Crippen LogP) is -3.09. The molecule has 0 aliphatic carbocycles. The summed E-state index contributed by atoms with van der Waals surface area (Å²) in [7, 11) is 0. The Bertz CT molecular complexity index is 1020. The molecule has 16 heteroatoms. The van der Waals surface area contributed by atoms with Crippen molar-refractivity contribution in [2.24, 2.45) is 0 Å². The van der Waals surface area contributed by atoms with E-state index in [1.165, 1.54) is 0 Å². The summed E-state index contributed by atoms with van der Waals surface area (Å²) >= 11 is 0. The summed E-state index contributed by atoms with van der Waals surface area (Å²) in [5, 5.41) is 41.6. The summed E-state index contributed by atoms with van der Waals surface area (Å²) in [5.41, 5.74) is -5.63. The molecule has 4 rings (SSSR count). The van der Waals surface area contributed by atoms with Crippen LogP contribution >= 0.6 is 0 Å². The van der Waals surface area contributed by atoms with Gasteiger partial charge in [-0.2, -0.15) is 0 Å². The molecule has 4 fully saturated rings. The van der Waals surface area contributed by atoms with Gasteiger partial charge in [0.15, 0.2) is 11.2 Å². The van der Waals surface area contributed by atoms with Crippen LogP contribution in [-0.2, 0) is 57.2 Å². The van der Waals surface area contributed by atoms with Crippen LogP contribution < -0.4 is 0 Å². The van der Waals surface area contributed by atoms with Gasteiger partial charge in [0.2, 0.25) is 0 Å². The minimum absolute atomic E-state index is 0.141. The summed E-state index contributed by atoms with van der Waals surface area (Å²) < 4.78 is 30.3. The number of hydrogen-bond acceptors (Lipinski definition) is 16. The van der Waals surface area contributed by atoms with Gasteiger partial charge in [0, 0.05) is 13.0 Å². The number of carbonyl (C=O) groups excluding carboxylic acids is 6. The first-order valence-electron chi connectivity index (χ1n) is 10.8. The first-order chi connectivity index (χ1) is 16.7. The van der Waals surface area contributed by atoms with Crippen LogP contribution in [0.4, 0.5) is 0 Å². The maximum Gasteiger partial charge on any atom is 0.465 e. The Labute approximate surface area is 200 Å². The van der Waals surface area contributed by atoms with Crippen LogP contribution in [0.5, 0.6) is 0 Å². The Morgan fingerprint density at radius 3 is 1.58 bits per heavy atom. The predicted molar refractivity (Wildman–Crippen MR) is 101 cm³/mol. The van der Waals surface area contributed by atoms with Gasteiger partial charge >= 0.3 is 53.4 Å². The first kappa shape index (κ1) is 25.7. The molecule has 0 aromatic carbocycles. The van der Waals surface area contributed by atoms with Crippen molar-refractivity contribution < 1.29 is 77.6 Å². The van der Waals surface area contributed by atoms with Crippen molar-refractivity contribution in [3.05, 3.63) is 0 Å². The lowest BCUT2D eigenvalue weighted by Gasteiger charge is -2.50. The molecule has 4 aliphatic rings. The number of carbonyl (C=O) groups is 6. The number of unbranched alkanes of at least 4 members (excludes halogenated alkanes) is 2. The SMILES string of the molecule is O=C1CC2(O)CC(=O)OC3(OC(=O)CC4(O)CC(=O)OC3(CCCCCO)OC4=O)C(O)(O1)OC2=O. The number of rotatable bonds is 5. The molecule has 0 radical (unpaired) electrons. The lowest BCUT2D eigenvalue weighted by molar-refractivity contribution is -0.501. The van der Waals surface area contributed by atoms with Gasteiger partial charge in [-0.1, -0.05) is 6.42 Å². The van der Waals surface area contributed by atoms with Crippen LogP contribution in [0.1, 0.15) is 51.4 Å². The lowest BCUT2D eigenvalue weighted by Crippen LogP contribution is -2.77. The Morgan fingerprint density at radius 1 is 0.583 bits per heavy atom. The number of ether oxygens (including phenoxy) is 6. The highest BCUT2D eigenvalue weighted by Gasteiger charge is 2.84. The Morgan fingerprint density at radius 2 is 1.06 bits per heavy atom. The molecule has 16 nitrogen and oxygen atoms in total. The van der Waals surface area contributed by atoms with E-state index < -0.39 is 96.7 Å². The molecule has 4 bridgehead atoms. The van der Waals surface area contributed by atoms with Gasteiger partial charge in [0.1, 0.15) is 0 Å². The lowest BCUT2D eigenvalue weighted by atomic mass is 9.91. The molecule has 4 heterocycles. The molecule has 0 amide bonds. The first-order valence-corrected chi connectivity index (χ1v) is 10.8. The zero-order chi connectivity index (χ0) is 26.6. The van der Waals surface area contributed by atoms with Crippen molar-refractivity contribution in [1.29, 1.82) is 0 Å². The largest absolute Gasteiger partial charge is 0.465 e. The average molecular weight is 518 g/mol.